The van der Waals surface area contributed by atoms with E-state index in [-0.39, 0.29) is 0 Å². The fraction of sp³-hybridized carbons (Fsp3) is 0.636. The number of hydrogen-bond acceptors (Lipinski definition) is 0. The monoisotopic (exact) mass is 154 g/mol. The Morgan fingerprint density at radius 1 is 1.00 bits per heavy atom. The minimum atomic E-state index is 1.17. The molecule has 0 aliphatic heterocycles. The van der Waals surface area contributed by atoms with Gasteiger partial charge in [0, 0.05) is 0 Å². The molecular weight excluding hydrogens is 132 g/mol. The average molecular weight is 154 g/mol. The molecule has 66 valence electrons. The van der Waals surface area contributed by atoms with E-state index in [1.807, 2.05) is 6.92 Å². The van der Waals surface area contributed by atoms with Crippen molar-refractivity contribution >= 4 is 0 Å². The predicted molar refractivity (Wildman–Crippen MR) is 54.8 cm³/mol. The lowest BCUT2D eigenvalue weighted by atomic mass is 10.3. The number of hydrogen-bond donors (Lipinski definition) is 0. The molecule has 0 aliphatic carbocycles. The lowest BCUT2D eigenvalue weighted by Crippen LogP contribution is -1.58. The number of rotatable bonds is 1. The molecule has 0 spiro atoms. The Bertz CT molecular complexity index is 119. The van der Waals surface area contributed by atoms with Gasteiger partial charge in [0.1, 0.15) is 0 Å². The van der Waals surface area contributed by atoms with Crippen LogP contribution < -0.4 is 0 Å². The molecule has 0 aliphatic rings. The smallest absolute Gasteiger partial charge is 0.0377 e. The van der Waals surface area contributed by atoms with E-state index in [4.69, 9.17) is 0 Å². The molecule has 0 aromatic carbocycles. The second kappa shape index (κ2) is 9.48. The summed E-state index contributed by atoms with van der Waals surface area (Å²) in [6, 6.07) is 0. The Morgan fingerprint density at radius 2 is 1.36 bits per heavy atom. The zero-order valence-electron chi connectivity index (χ0n) is 8.86. The van der Waals surface area contributed by atoms with E-state index in [0.717, 1.165) is 0 Å². The largest absolute Gasteiger partial charge is 0.0890 e. The van der Waals surface area contributed by atoms with Crippen molar-refractivity contribution in [3.05, 3.63) is 23.3 Å². The van der Waals surface area contributed by atoms with Gasteiger partial charge in [-0.1, -0.05) is 30.2 Å². The summed E-state index contributed by atoms with van der Waals surface area (Å²) in [7, 11) is 0. The van der Waals surface area contributed by atoms with Crippen molar-refractivity contribution in [1.29, 1.82) is 0 Å². The topological polar surface area (TPSA) is 0 Å². The average Bonchev–Trinajstić information content (AvgIpc) is 1.89. The van der Waals surface area contributed by atoms with E-state index >= 15 is 0 Å². The lowest BCUT2D eigenvalue weighted by molar-refractivity contribution is 1.18. The summed E-state index contributed by atoms with van der Waals surface area (Å²) >= 11 is 0. The van der Waals surface area contributed by atoms with Gasteiger partial charge in [-0.15, -0.1) is 0 Å². The first-order valence-corrected chi connectivity index (χ1v) is 4.27. The highest BCUT2D eigenvalue weighted by Gasteiger charge is 1.67. The maximum absolute atomic E-state index is 2.21. The molecule has 0 aromatic heterocycles. The predicted octanol–water partition coefficient (Wildman–Crippen LogP) is 4.34. The van der Waals surface area contributed by atoms with Crippen LogP contribution in [-0.2, 0) is 0 Å². The SMILES string of the molecule is CC=C(C)C.CCC=C(C)C. The molecule has 11 heavy (non-hydrogen) atoms. The van der Waals surface area contributed by atoms with Crippen LogP contribution in [0.15, 0.2) is 23.3 Å². The van der Waals surface area contributed by atoms with Crippen molar-refractivity contribution < 1.29 is 0 Å². The van der Waals surface area contributed by atoms with Gasteiger partial charge in [0.05, 0.1) is 0 Å². The Labute approximate surface area is 72.0 Å². The minimum Gasteiger partial charge on any atom is -0.0890 e. The third-order valence-electron chi connectivity index (χ3n) is 1.19. The van der Waals surface area contributed by atoms with Crippen molar-refractivity contribution in [3.8, 4) is 0 Å². The zero-order valence-corrected chi connectivity index (χ0v) is 8.86. The van der Waals surface area contributed by atoms with Gasteiger partial charge in [0.2, 0.25) is 0 Å². The molecule has 0 nitrogen and oxygen atoms in total. The molecule has 0 heteroatoms. The molecule has 0 unspecified atom stereocenters. The van der Waals surface area contributed by atoms with Gasteiger partial charge < -0.3 is 0 Å². The van der Waals surface area contributed by atoms with E-state index in [0.29, 0.717) is 0 Å². The summed E-state index contributed by atoms with van der Waals surface area (Å²) < 4.78 is 0. The van der Waals surface area contributed by atoms with E-state index in [2.05, 4.69) is 46.8 Å². The van der Waals surface area contributed by atoms with Crippen LogP contribution in [0.25, 0.3) is 0 Å². The maximum Gasteiger partial charge on any atom is -0.0377 e. The fourth-order valence-corrected chi connectivity index (χ4v) is 0.408. The quantitative estimate of drug-likeness (QED) is 0.493. The molecule has 0 heterocycles. The van der Waals surface area contributed by atoms with E-state index in [9.17, 15) is 0 Å². The summed E-state index contributed by atoms with van der Waals surface area (Å²) in [5.41, 5.74) is 2.79. The third kappa shape index (κ3) is 26.4. The Morgan fingerprint density at radius 3 is 1.36 bits per heavy atom. The Kier molecular flexibility index (Phi) is 11.3. The van der Waals surface area contributed by atoms with Gasteiger partial charge in [0.15, 0.2) is 0 Å². The molecule has 0 radical (unpaired) electrons. The molecule has 0 bridgehead atoms. The van der Waals surface area contributed by atoms with Crippen LogP contribution in [0.5, 0.6) is 0 Å². The second-order valence-electron chi connectivity index (χ2n) is 3.06. The first-order chi connectivity index (χ1) is 5.04. The maximum atomic E-state index is 2.21. The molecule has 0 aromatic rings. The summed E-state index contributed by atoms with van der Waals surface area (Å²) in [6.07, 6.45) is 5.46. The van der Waals surface area contributed by atoms with Crippen molar-refractivity contribution in [3.63, 3.8) is 0 Å². The first-order valence-electron chi connectivity index (χ1n) is 4.27. The van der Waals surface area contributed by atoms with Crippen LogP contribution in [0.1, 0.15) is 48.0 Å². The van der Waals surface area contributed by atoms with E-state index < -0.39 is 0 Å². The highest BCUT2D eigenvalue weighted by Crippen LogP contribution is 1.89. The van der Waals surface area contributed by atoms with Crippen LogP contribution in [0.3, 0.4) is 0 Å². The van der Waals surface area contributed by atoms with Gasteiger partial charge >= 0.3 is 0 Å². The molecule has 0 N–H and O–H groups in total. The van der Waals surface area contributed by atoms with Crippen LogP contribution in [0, 0.1) is 0 Å². The van der Waals surface area contributed by atoms with Crippen LogP contribution >= 0.6 is 0 Å². The molecule has 0 saturated carbocycles. The van der Waals surface area contributed by atoms with Crippen molar-refractivity contribution in [2.75, 3.05) is 0 Å². The summed E-state index contributed by atoms with van der Waals surface area (Å²) in [5.74, 6) is 0. The van der Waals surface area contributed by atoms with Crippen molar-refractivity contribution in [2.24, 2.45) is 0 Å². The van der Waals surface area contributed by atoms with E-state index in [1.165, 1.54) is 17.6 Å². The van der Waals surface area contributed by atoms with Gasteiger partial charge in [-0.05, 0) is 41.0 Å². The fourth-order valence-electron chi connectivity index (χ4n) is 0.408. The molecule has 0 rings (SSSR count). The molecule has 0 fully saturated rings. The summed E-state index contributed by atoms with van der Waals surface area (Å²) in [4.78, 5) is 0. The van der Waals surface area contributed by atoms with E-state index in [1.54, 1.807) is 0 Å². The molecular formula is C11H22. The van der Waals surface area contributed by atoms with Crippen molar-refractivity contribution in [2.45, 2.75) is 48.0 Å². The molecule has 0 saturated heterocycles. The van der Waals surface area contributed by atoms with Gasteiger partial charge in [-0.25, -0.2) is 0 Å². The Balaban J connectivity index is 0. The second-order valence-corrected chi connectivity index (χ2v) is 3.06. The van der Waals surface area contributed by atoms with Crippen LogP contribution in [0.2, 0.25) is 0 Å². The van der Waals surface area contributed by atoms with Gasteiger partial charge in [0.25, 0.3) is 0 Å². The highest BCUT2D eigenvalue weighted by atomic mass is 13.7. The van der Waals surface area contributed by atoms with Crippen LogP contribution in [-0.4, -0.2) is 0 Å². The lowest BCUT2D eigenvalue weighted by Gasteiger charge is -1.80. The van der Waals surface area contributed by atoms with Gasteiger partial charge in [-0.3, -0.25) is 0 Å². The molecule has 0 atom stereocenters. The highest BCUT2D eigenvalue weighted by molar-refractivity contribution is 4.91. The van der Waals surface area contributed by atoms with Crippen molar-refractivity contribution in [1.82, 2.24) is 0 Å². The standard InChI is InChI=1S/C6H12.C5H10/c1-4-5-6(2)3;1-4-5(2)3/h5H,4H2,1-3H3;4H,1-3H3. The number of allylic oxidation sites excluding steroid dienone is 4. The zero-order chi connectivity index (χ0) is 9.28. The van der Waals surface area contributed by atoms with Gasteiger partial charge in [-0.2, -0.15) is 0 Å². The summed E-state index contributed by atoms with van der Waals surface area (Å²) in [5, 5.41) is 0. The van der Waals surface area contributed by atoms with Crippen LogP contribution in [0.4, 0.5) is 0 Å². The molecule has 0 amide bonds. The normalized spacial score (nSPS) is 7.45. The Hall–Kier alpha value is -0.520. The third-order valence-corrected chi connectivity index (χ3v) is 1.19. The summed E-state index contributed by atoms with van der Waals surface area (Å²) in [6.45, 7) is 12.6. The first kappa shape index (κ1) is 13.1. The minimum absolute atomic E-state index is 1.17.